The molecule has 48 heavy (non-hydrogen) atoms. The number of ether oxygens (including phenoxy) is 1. The summed E-state index contributed by atoms with van der Waals surface area (Å²) in [5.74, 6) is 0.341. The lowest BCUT2D eigenvalue weighted by Gasteiger charge is -2.27. The van der Waals surface area contributed by atoms with Crippen LogP contribution in [0, 0.1) is 12.8 Å². The van der Waals surface area contributed by atoms with Crippen molar-refractivity contribution in [3.8, 4) is 11.1 Å². The number of rotatable bonds is 14. The van der Waals surface area contributed by atoms with Crippen LogP contribution in [0.5, 0.6) is 0 Å². The zero-order chi connectivity index (χ0) is 34.9. The van der Waals surface area contributed by atoms with E-state index in [4.69, 9.17) is 4.74 Å². The number of esters is 1. The topological polar surface area (TPSA) is 92.8 Å². The van der Waals surface area contributed by atoms with Gasteiger partial charge in [-0.2, -0.15) is 16.1 Å². The Morgan fingerprint density at radius 3 is 2.29 bits per heavy atom. The Morgan fingerprint density at radius 1 is 0.979 bits per heavy atom. The number of methoxy groups -OCH3 is 1. The highest BCUT2D eigenvalue weighted by atomic mass is 32.2. The van der Waals surface area contributed by atoms with Crippen LogP contribution in [0.3, 0.4) is 0 Å². The van der Waals surface area contributed by atoms with Gasteiger partial charge in [-0.3, -0.25) is 4.79 Å². The van der Waals surface area contributed by atoms with Crippen molar-refractivity contribution in [1.29, 1.82) is 0 Å². The molecular formula is C39H52N2O5S2. The largest absolute Gasteiger partial charge is 0.467 e. The Balaban J connectivity index is 1.71. The standard InChI is InChI=1S/C39H52N2O5S2/c1-28-12-10-11-15-33(28)35-26-30(16-21-34(35)37(42)40-36(23-25-47-6)38(43)46-5)27-41(24-22-29-13-8-7-9-14-29)48(44,45)32-19-17-31(18-20-32)39(2,3)4/h10-12,15-21,26,29,36H,7-9,13-14,22-25,27H2,1-6H3,(H,40,42). The molecule has 260 valence electrons. The first-order valence-corrected chi connectivity index (χ1v) is 19.9. The van der Waals surface area contributed by atoms with E-state index in [-0.39, 0.29) is 22.8 Å². The summed E-state index contributed by atoms with van der Waals surface area (Å²) in [5.41, 5.74) is 4.74. The molecule has 0 spiro atoms. The predicted octanol–water partition coefficient (Wildman–Crippen LogP) is 8.15. The monoisotopic (exact) mass is 692 g/mol. The molecule has 1 fully saturated rings. The van der Waals surface area contributed by atoms with Gasteiger partial charge in [-0.05, 0) is 95.2 Å². The Hall–Kier alpha value is -3.14. The van der Waals surface area contributed by atoms with Crippen LogP contribution in [-0.4, -0.2) is 56.3 Å². The molecule has 1 amide bonds. The first-order chi connectivity index (χ1) is 22.8. The minimum atomic E-state index is -3.81. The number of nitrogens with zero attached hydrogens (tertiary/aromatic N) is 1. The fourth-order valence-corrected chi connectivity index (χ4v) is 8.33. The van der Waals surface area contributed by atoms with E-state index >= 15 is 0 Å². The number of thioether (sulfide) groups is 1. The molecule has 7 nitrogen and oxygen atoms in total. The second-order valence-corrected chi connectivity index (χ2v) is 16.9. The molecule has 1 N–H and O–H groups in total. The summed E-state index contributed by atoms with van der Waals surface area (Å²) < 4.78 is 35.1. The van der Waals surface area contributed by atoms with E-state index in [9.17, 15) is 18.0 Å². The predicted molar refractivity (Wildman–Crippen MR) is 197 cm³/mol. The Labute approximate surface area is 292 Å². The van der Waals surface area contributed by atoms with Crippen molar-refractivity contribution in [2.45, 2.75) is 95.5 Å². The van der Waals surface area contributed by atoms with Crippen molar-refractivity contribution in [2.75, 3.05) is 25.7 Å². The molecule has 0 aromatic heterocycles. The highest BCUT2D eigenvalue weighted by molar-refractivity contribution is 7.98. The number of carbonyl (C=O) groups excluding carboxylic acids is 2. The SMILES string of the molecule is COC(=O)C(CCSC)NC(=O)c1ccc(CN(CCC2CCCCC2)S(=O)(=O)c2ccc(C(C)(C)C)cc2)cc1-c1ccccc1C. The lowest BCUT2D eigenvalue weighted by molar-refractivity contribution is -0.142. The number of aryl methyl sites for hydroxylation is 1. The number of nitrogens with one attached hydrogen (secondary N) is 1. The normalized spacial score (nSPS) is 14.9. The molecule has 3 aromatic rings. The van der Waals surface area contributed by atoms with Crippen molar-refractivity contribution in [3.63, 3.8) is 0 Å². The average molecular weight is 693 g/mol. The number of amides is 1. The molecule has 1 aliphatic rings. The molecule has 9 heteroatoms. The third kappa shape index (κ3) is 9.73. The highest BCUT2D eigenvalue weighted by Gasteiger charge is 2.28. The van der Waals surface area contributed by atoms with Crippen LogP contribution in [0.2, 0.25) is 0 Å². The summed E-state index contributed by atoms with van der Waals surface area (Å²) in [6.07, 6.45) is 9.13. The van der Waals surface area contributed by atoms with E-state index in [0.29, 0.717) is 35.8 Å². The smallest absolute Gasteiger partial charge is 0.328 e. The van der Waals surface area contributed by atoms with Crippen LogP contribution >= 0.6 is 11.8 Å². The Kier molecular flexibility index (Phi) is 13.3. The maximum absolute atomic E-state index is 14.3. The summed E-state index contributed by atoms with van der Waals surface area (Å²) in [5, 5.41) is 2.89. The molecular weight excluding hydrogens is 641 g/mol. The second kappa shape index (κ2) is 17.0. The van der Waals surface area contributed by atoms with E-state index in [2.05, 4.69) is 26.1 Å². The third-order valence-corrected chi connectivity index (χ3v) is 11.9. The number of hydrogen-bond donors (Lipinski definition) is 1. The van der Waals surface area contributed by atoms with Gasteiger partial charge >= 0.3 is 5.97 Å². The van der Waals surface area contributed by atoms with Gasteiger partial charge in [0.1, 0.15) is 6.04 Å². The number of carbonyl (C=O) groups is 2. The van der Waals surface area contributed by atoms with Gasteiger partial charge in [0.15, 0.2) is 0 Å². The van der Waals surface area contributed by atoms with Crippen LogP contribution in [0.4, 0.5) is 0 Å². The second-order valence-electron chi connectivity index (χ2n) is 13.9. The lowest BCUT2D eigenvalue weighted by Crippen LogP contribution is -2.42. The van der Waals surface area contributed by atoms with Gasteiger partial charge in [0, 0.05) is 18.7 Å². The highest BCUT2D eigenvalue weighted by Crippen LogP contribution is 2.32. The molecule has 1 atom stereocenters. The maximum atomic E-state index is 14.3. The van der Waals surface area contributed by atoms with Crippen LogP contribution in [0.15, 0.2) is 71.6 Å². The first kappa shape index (κ1) is 37.7. The van der Waals surface area contributed by atoms with Crippen LogP contribution in [0.25, 0.3) is 11.1 Å². The fraction of sp³-hybridized carbons (Fsp3) is 0.487. The van der Waals surface area contributed by atoms with Crippen LogP contribution in [-0.2, 0) is 31.5 Å². The average Bonchev–Trinajstić information content (AvgIpc) is 3.08. The van der Waals surface area contributed by atoms with Crippen molar-refractivity contribution < 1.29 is 22.7 Å². The quantitative estimate of drug-likeness (QED) is 0.172. The number of sulfonamides is 1. The fourth-order valence-electron chi connectivity index (χ4n) is 6.41. The van der Waals surface area contributed by atoms with Gasteiger partial charge in [-0.15, -0.1) is 0 Å². The zero-order valence-corrected chi connectivity index (χ0v) is 31.0. The van der Waals surface area contributed by atoms with Crippen molar-refractivity contribution >= 4 is 33.7 Å². The van der Waals surface area contributed by atoms with Gasteiger partial charge < -0.3 is 10.1 Å². The maximum Gasteiger partial charge on any atom is 0.328 e. The first-order valence-electron chi connectivity index (χ1n) is 17.0. The van der Waals surface area contributed by atoms with Gasteiger partial charge in [0.25, 0.3) is 5.91 Å². The Bertz CT molecular complexity index is 1640. The lowest BCUT2D eigenvalue weighted by atomic mass is 9.87. The Morgan fingerprint density at radius 2 is 1.67 bits per heavy atom. The molecule has 3 aromatic carbocycles. The van der Waals surface area contributed by atoms with Gasteiger partial charge in [-0.1, -0.05) is 95.3 Å². The summed E-state index contributed by atoms with van der Waals surface area (Å²) >= 11 is 1.59. The molecule has 0 saturated heterocycles. The molecule has 0 radical (unpaired) electrons. The van der Waals surface area contributed by atoms with Crippen molar-refractivity contribution in [3.05, 3.63) is 89.0 Å². The molecule has 0 bridgehead atoms. The summed E-state index contributed by atoms with van der Waals surface area (Å²) in [6.45, 7) is 8.93. The van der Waals surface area contributed by atoms with E-state index < -0.39 is 22.0 Å². The number of hydrogen-bond acceptors (Lipinski definition) is 6. The van der Waals surface area contributed by atoms with Crippen molar-refractivity contribution in [1.82, 2.24) is 9.62 Å². The zero-order valence-electron chi connectivity index (χ0n) is 29.4. The molecule has 1 unspecified atom stereocenters. The van der Waals surface area contributed by atoms with Gasteiger partial charge in [-0.25, -0.2) is 13.2 Å². The summed E-state index contributed by atoms with van der Waals surface area (Å²) in [7, 11) is -2.49. The molecule has 4 rings (SSSR count). The van der Waals surface area contributed by atoms with E-state index in [0.717, 1.165) is 41.5 Å². The van der Waals surface area contributed by atoms with Crippen LogP contribution < -0.4 is 5.32 Å². The molecule has 0 heterocycles. The van der Waals surface area contributed by atoms with Crippen molar-refractivity contribution in [2.24, 2.45) is 5.92 Å². The van der Waals surface area contributed by atoms with Crippen LogP contribution in [0.1, 0.15) is 92.8 Å². The minimum absolute atomic E-state index is 0.0885. The molecule has 1 saturated carbocycles. The minimum Gasteiger partial charge on any atom is -0.467 e. The summed E-state index contributed by atoms with van der Waals surface area (Å²) in [6, 6.07) is 19.8. The van der Waals surface area contributed by atoms with E-state index in [1.54, 1.807) is 34.3 Å². The van der Waals surface area contributed by atoms with Gasteiger partial charge in [0.05, 0.1) is 12.0 Å². The third-order valence-electron chi connectivity index (χ3n) is 9.39. The van der Waals surface area contributed by atoms with E-state index in [1.165, 1.54) is 26.4 Å². The number of benzene rings is 3. The molecule has 1 aliphatic carbocycles. The summed E-state index contributed by atoms with van der Waals surface area (Å²) in [4.78, 5) is 26.6. The van der Waals surface area contributed by atoms with Gasteiger partial charge in [0.2, 0.25) is 10.0 Å². The molecule has 0 aliphatic heterocycles. The van der Waals surface area contributed by atoms with E-state index in [1.807, 2.05) is 61.7 Å².